The minimum absolute atomic E-state index is 0.0214. The molecule has 0 unspecified atom stereocenters. The molecule has 6 aromatic rings. The molecule has 0 bridgehead atoms. The third kappa shape index (κ3) is 9.03. The van der Waals surface area contributed by atoms with Crippen molar-refractivity contribution in [1.82, 2.24) is 19.9 Å². The summed E-state index contributed by atoms with van der Waals surface area (Å²) in [6.07, 6.45) is -4.11. The fourth-order valence-corrected chi connectivity index (χ4v) is 8.81. The summed E-state index contributed by atoms with van der Waals surface area (Å²) in [6.45, 7) is 2.79. The van der Waals surface area contributed by atoms with Crippen LogP contribution in [0.2, 0.25) is 0 Å². The lowest BCUT2D eigenvalue weighted by Gasteiger charge is -2.16. The maximum absolute atomic E-state index is 15.1. The Kier molecular flexibility index (Phi) is 11.9. The van der Waals surface area contributed by atoms with E-state index in [4.69, 9.17) is 0 Å². The van der Waals surface area contributed by atoms with E-state index in [0.29, 0.717) is 39.6 Å². The van der Waals surface area contributed by atoms with Crippen LogP contribution in [0.25, 0.3) is 33.9 Å². The van der Waals surface area contributed by atoms with E-state index in [-0.39, 0.29) is 34.5 Å². The summed E-state index contributed by atoms with van der Waals surface area (Å²) < 4.78 is 186. The summed E-state index contributed by atoms with van der Waals surface area (Å²) in [4.78, 5) is 18.3. The Balaban J connectivity index is 0.000000192. The number of allylic oxidation sites excluding steroid dienone is 1. The number of aromatic nitrogens is 4. The molecule has 5 heterocycles. The summed E-state index contributed by atoms with van der Waals surface area (Å²) >= 11 is 0. The fraction of sp³-hybridized carbons (Fsp3) is 0.186. The van der Waals surface area contributed by atoms with E-state index < -0.39 is 94.1 Å². The summed E-state index contributed by atoms with van der Waals surface area (Å²) in [5.74, 6) is -5.58. The summed E-state index contributed by atoms with van der Waals surface area (Å²) in [6, 6.07) is 14.5. The monoisotopic (exact) mass is 933 g/mol. The van der Waals surface area contributed by atoms with Gasteiger partial charge >= 0.3 is 18.3 Å². The van der Waals surface area contributed by atoms with Gasteiger partial charge in [0.1, 0.15) is 28.7 Å². The zero-order chi connectivity index (χ0) is 46.6. The number of pyridine rings is 4. The maximum Gasteiger partial charge on any atom is 0.417 e. The molecule has 0 N–H and O–H groups in total. The highest BCUT2D eigenvalue weighted by Crippen LogP contribution is 2.46. The molecule has 0 fully saturated rings. The Morgan fingerprint density at radius 2 is 1.06 bits per heavy atom. The first kappa shape index (κ1) is 45.7. The van der Waals surface area contributed by atoms with Gasteiger partial charge in [-0.05, 0) is 76.9 Å². The smallest absolute Gasteiger partial charge is 0.256 e. The molecule has 2 aliphatic rings. The molecule has 0 radical (unpaired) electrons. The van der Waals surface area contributed by atoms with E-state index in [1.165, 1.54) is 62.5 Å². The maximum atomic E-state index is 15.1. The number of rotatable bonds is 8. The van der Waals surface area contributed by atoms with Crippen molar-refractivity contribution in [3.8, 4) is 22.3 Å². The molecule has 0 saturated carbocycles. The second-order valence-corrected chi connectivity index (χ2v) is 18.7. The molecule has 8 rings (SSSR count). The molecule has 1 aliphatic heterocycles. The predicted octanol–water partition coefficient (Wildman–Crippen LogP) is 10.5. The third-order valence-electron chi connectivity index (χ3n) is 10.1. The normalized spacial score (nSPS) is 14.6. The predicted molar refractivity (Wildman–Crippen MR) is 215 cm³/mol. The number of hydrogen-bond acceptors (Lipinski definition) is 9. The van der Waals surface area contributed by atoms with Crippen LogP contribution >= 0.6 is 0 Å². The number of aliphatic imine (C=N–C) groups is 1. The van der Waals surface area contributed by atoms with Crippen LogP contribution in [0.4, 0.5) is 49.6 Å². The quantitative estimate of drug-likeness (QED) is 0.138. The van der Waals surface area contributed by atoms with E-state index in [1.807, 2.05) is 0 Å². The first-order valence-electron chi connectivity index (χ1n) is 18.7. The van der Waals surface area contributed by atoms with E-state index in [1.54, 1.807) is 6.08 Å². The number of benzene rings is 2. The highest BCUT2D eigenvalue weighted by atomic mass is 32.2. The Morgan fingerprint density at radius 3 is 1.56 bits per heavy atom. The van der Waals surface area contributed by atoms with Crippen molar-refractivity contribution in [2.45, 2.75) is 48.3 Å². The summed E-state index contributed by atoms with van der Waals surface area (Å²) in [5.41, 5.74) is -2.68. The van der Waals surface area contributed by atoms with E-state index in [9.17, 15) is 52.0 Å². The van der Waals surface area contributed by atoms with Gasteiger partial charge in [-0.2, -0.15) is 35.1 Å². The number of fused-ring (bicyclic) bond motifs is 2. The Labute approximate surface area is 358 Å². The van der Waals surface area contributed by atoms with Crippen LogP contribution in [-0.4, -0.2) is 54.0 Å². The van der Waals surface area contributed by atoms with Gasteiger partial charge in [-0.15, -0.1) is 0 Å². The van der Waals surface area contributed by atoms with E-state index in [0.717, 1.165) is 36.7 Å². The van der Waals surface area contributed by atoms with Crippen LogP contribution in [0, 0.1) is 11.6 Å². The molecule has 332 valence electrons. The second-order valence-electron chi connectivity index (χ2n) is 14.2. The van der Waals surface area contributed by atoms with Gasteiger partial charge in [-0.3, -0.25) is 19.9 Å². The van der Waals surface area contributed by atoms with Crippen LogP contribution in [0.15, 0.2) is 112 Å². The number of halogens is 10. The van der Waals surface area contributed by atoms with Gasteiger partial charge in [0.25, 0.3) is 0 Å². The molecule has 1 aliphatic carbocycles. The van der Waals surface area contributed by atoms with Gasteiger partial charge in [0.15, 0.2) is 19.7 Å². The Hall–Kier alpha value is -6.35. The van der Waals surface area contributed by atoms with Crippen molar-refractivity contribution in [3.63, 3.8) is 0 Å². The van der Waals surface area contributed by atoms with Crippen molar-refractivity contribution >= 4 is 42.7 Å². The lowest BCUT2D eigenvalue weighted by atomic mass is 10.0. The Bertz CT molecular complexity index is 3100. The topological polar surface area (TPSA) is 132 Å². The van der Waals surface area contributed by atoms with Crippen LogP contribution in [0.5, 0.6) is 0 Å². The SMILES string of the molecule is CCS(=O)(=O)c1cc(-c2ccc(F)cc2)cnc1C1=Cc2ncc(C(F)(F)F)cc2C1.CCS(=O)(=O)c1cc(-c2ccc(F)cc2)cnc1C1=Nc2cc(C(F)(F)F)cnc2C1(F)F. The van der Waals surface area contributed by atoms with E-state index in [2.05, 4.69) is 24.9 Å². The van der Waals surface area contributed by atoms with Gasteiger partial charge in [0.05, 0.1) is 49.5 Å². The molecule has 0 amide bonds. The number of alkyl halides is 8. The van der Waals surface area contributed by atoms with Crippen LogP contribution in [0.1, 0.15) is 53.3 Å². The number of sulfone groups is 2. The van der Waals surface area contributed by atoms with Crippen LogP contribution < -0.4 is 0 Å². The van der Waals surface area contributed by atoms with Gasteiger partial charge in [0, 0.05) is 42.3 Å². The molecule has 0 spiro atoms. The molecule has 2 aromatic carbocycles. The van der Waals surface area contributed by atoms with E-state index >= 15 is 8.78 Å². The minimum atomic E-state index is -4.83. The zero-order valence-corrected chi connectivity index (χ0v) is 34.5. The molecular weight excluding hydrogens is 905 g/mol. The third-order valence-corrected chi connectivity index (χ3v) is 13.5. The second kappa shape index (κ2) is 16.6. The average molecular weight is 934 g/mol. The number of hydrogen-bond donors (Lipinski definition) is 0. The highest BCUT2D eigenvalue weighted by molar-refractivity contribution is 7.91. The first-order valence-corrected chi connectivity index (χ1v) is 22.0. The van der Waals surface area contributed by atoms with Crippen molar-refractivity contribution < 1.29 is 60.7 Å². The first-order chi connectivity index (χ1) is 29.9. The van der Waals surface area contributed by atoms with Gasteiger partial charge in [-0.1, -0.05) is 38.1 Å². The minimum Gasteiger partial charge on any atom is -0.256 e. The summed E-state index contributed by atoms with van der Waals surface area (Å²) in [7, 11) is -7.83. The zero-order valence-electron chi connectivity index (χ0n) is 32.9. The highest BCUT2D eigenvalue weighted by Gasteiger charge is 2.50. The molecule has 64 heavy (non-hydrogen) atoms. The lowest BCUT2D eigenvalue weighted by Crippen LogP contribution is -2.27. The molecule has 0 atom stereocenters. The van der Waals surface area contributed by atoms with Crippen molar-refractivity contribution in [2.24, 2.45) is 4.99 Å². The molecule has 9 nitrogen and oxygen atoms in total. The molecule has 4 aromatic heterocycles. The van der Waals surface area contributed by atoms with Crippen molar-refractivity contribution in [3.05, 3.63) is 149 Å². The van der Waals surface area contributed by atoms with Crippen molar-refractivity contribution in [2.75, 3.05) is 11.5 Å². The lowest BCUT2D eigenvalue weighted by molar-refractivity contribution is -0.138. The largest absolute Gasteiger partial charge is 0.417 e. The van der Waals surface area contributed by atoms with Crippen LogP contribution in [-0.2, 0) is 44.4 Å². The molecule has 21 heteroatoms. The van der Waals surface area contributed by atoms with Crippen molar-refractivity contribution in [1.29, 1.82) is 0 Å². The van der Waals surface area contributed by atoms with Crippen LogP contribution in [0.3, 0.4) is 0 Å². The standard InChI is InChI=1S/C22H16F4N2O2S.C21H13F6N3O2S/c1-2-31(29,30)20-10-16(13-3-5-18(23)6-4-13)11-28-21(20)15-7-14-8-17(22(24,25)26)12-27-19(14)9-15;1-2-33(31,32)16-7-12(11-3-5-14(22)6-4-11)9-28-17(16)19-20(23,24)18-15(30-19)8-13(10-29-18)21(25,26)27/h3-6,8-12H,2,7H2,1H3;3-10H,2H2,1H3. The Morgan fingerprint density at radius 1 is 0.594 bits per heavy atom. The fourth-order valence-electron chi connectivity index (χ4n) is 6.65. The summed E-state index contributed by atoms with van der Waals surface area (Å²) in [5, 5.41) is 0. The average Bonchev–Trinajstić information content (AvgIpc) is 3.80. The van der Waals surface area contributed by atoms with Gasteiger partial charge < -0.3 is 0 Å². The molecule has 0 saturated heterocycles. The van der Waals surface area contributed by atoms with Gasteiger partial charge in [-0.25, -0.2) is 30.6 Å². The van der Waals surface area contributed by atoms with Gasteiger partial charge in [0.2, 0.25) is 0 Å². The molecular formula is C43H29F10N5O4S2. The number of nitrogens with zero attached hydrogens (tertiary/aromatic N) is 5.